The van der Waals surface area contributed by atoms with Crippen LogP contribution in [0.5, 0.6) is 11.5 Å². The second kappa shape index (κ2) is 6.78. The van der Waals surface area contributed by atoms with Gasteiger partial charge in [0.25, 0.3) is 0 Å². The Bertz CT molecular complexity index is 401. The van der Waals surface area contributed by atoms with Gasteiger partial charge in [0.2, 0.25) is 0 Å². The van der Waals surface area contributed by atoms with E-state index in [1.54, 1.807) is 7.11 Å². The molecule has 1 aliphatic heterocycles. The van der Waals surface area contributed by atoms with Crippen LogP contribution in [0.25, 0.3) is 0 Å². The smallest absolute Gasteiger partial charge is 0.123 e. The molecule has 1 aliphatic rings. The van der Waals surface area contributed by atoms with E-state index in [2.05, 4.69) is 16.3 Å². The highest BCUT2D eigenvalue weighted by Gasteiger charge is 2.13. The van der Waals surface area contributed by atoms with Crippen LogP contribution in [-0.2, 0) is 6.54 Å². The molecule has 4 heteroatoms. The minimum atomic E-state index is 0.195. The molecule has 0 aromatic heterocycles. The SMILES string of the molecule is COc1ccc(OC(C)C)cc1CN1CCNCC1. The summed E-state index contributed by atoms with van der Waals surface area (Å²) in [7, 11) is 1.72. The second-order valence-corrected chi connectivity index (χ2v) is 5.17. The molecule has 0 atom stereocenters. The van der Waals surface area contributed by atoms with E-state index in [0.717, 1.165) is 44.2 Å². The zero-order valence-corrected chi connectivity index (χ0v) is 12.1. The summed E-state index contributed by atoms with van der Waals surface area (Å²) in [5.41, 5.74) is 1.20. The molecular weight excluding hydrogens is 240 g/mol. The number of benzene rings is 1. The fourth-order valence-electron chi connectivity index (χ4n) is 2.33. The number of nitrogens with one attached hydrogen (secondary N) is 1. The lowest BCUT2D eigenvalue weighted by Gasteiger charge is -2.28. The van der Waals surface area contributed by atoms with Crippen molar-refractivity contribution in [2.45, 2.75) is 26.5 Å². The summed E-state index contributed by atoms with van der Waals surface area (Å²) in [6, 6.07) is 6.07. The molecule has 0 spiro atoms. The van der Waals surface area contributed by atoms with Gasteiger partial charge in [0, 0.05) is 38.3 Å². The fourth-order valence-corrected chi connectivity index (χ4v) is 2.33. The molecule has 106 valence electrons. The number of ether oxygens (including phenoxy) is 2. The average molecular weight is 264 g/mol. The Morgan fingerprint density at radius 2 is 2.00 bits per heavy atom. The topological polar surface area (TPSA) is 33.7 Å². The van der Waals surface area contributed by atoms with Crippen LogP contribution in [0.2, 0.25) is 0 Å². The van der Waals surface area contributed by atoms with Crippen molar-refractivity contribution in [2.24, 2.45) is 0 Å². The summed E-state index contributed by atoms with van der Waals surface area (Å²) < 4.78 is 11.2. The first kappa shape index (κ1) is 14.2. The minimum Gasteiger partial charge on any atom is -0.496 e. The van der Waals surface area contributed by atoms with Gasteiger partial charge in [-0.2, -0.15) is 0 Å². The molecule has 19 heavy (non-hydrogen) atoms. The van der Waals surface area contributed by atoms with E-state index in [-0.39, 0.29) is 6.10 Å². The molecule has 1 aromatic carbocycles. The van der Waals surface area contributed by atoms with E-state index in [1.165, 1.54) is 5.56 Å². The zero-order chi connectivity index (χ0) is 13.7. The number of hydrogen-bond acceptors (Lipinski definition) is 4. The monoisotopic (exact) mass is 264 g/mol. The highest BCUT2D eigenvalue weighted by atomic mass is 16.5. The Morgan fingerprint density at radius 3 is 2.63 bits per heavy atom. The maximum Gasteiger partial charge on any atom is 0.123 e. The van der Waals surface area contributed by atoms with E-state index in [0.29, 0.717) is 0 Å². The summed E-state index contributed by atoms with van der Waals surface area (Å²) in [6.45, 7) is 9.28. The zero-order valence-electron chi connectivity index (χ0n) is 12.1. The van der Waals surface area contributed by atoms with Gasteiger partial charge < -0.3 is 14.8 Å². The molecule has 0 amide bonds. The summed E-state index contributed by atoms with van der Waals surface area (Å²) in [5, 5.41) is 3.37. The van der Waals surface area contributed by atoms with Crippen molar-refractivity contribution in [3.63, 3.8) is 0 Å². The number of piperazine rings is 1. The van der Waals surface area contributed by atoms with Gasteiger partial charge in [-0.15, -0.1) is 0 Å². The third kappa shape index (κ3) is 4.11. The molecule has 0 bridgehead atoms. The molecule has 0 saturated carbocycles. The molecule has 0 aliphatic carbocycles. The number of rotatable bonds is 5. The molecule has 1 saturated heterocycles. The van der Waals surface area contributed by atoms with E-state index >= 15 is 0 Å². The van der Waals surface area contributed by atoms with Crippen LogP contribution in [0.1, 0.15) is 19.4 Å². The summed E-state index contributed by atoms with van der Waals surface area (Å²) in [5.74, 6) is 1.86. The number of hydrogen-bond donors (Lipinski definition) is 1. The molecule has 4 nitrogen and oxygen atoms in total. The Labute approximate surface area is 115 Å². The fraction of sp³-hybridized carbons (Fsp3) is 0.600. The molecule has 1 aromatic rings. The van der Waals surface area contributed by atoms with Gasteiger partial charge >= 0.3 is 0 Å². The molecule has 1 fully saturated rings. The lowest BCUT2D eigenvalue weighted by molar-refractivity contribution is 0.226. The van der Waals surface area contributed by atoms with Crippen molar-refractivity contribution in [1.29, 1.82) is 0 Å². The Balaban J connectivity index is 2.10. The third-order valence-electron chi connectivity index (χ3n) is 3.23. The predicted octanol–water partition coefficient (Wildman–Crippen LogP) is 1.89. The molecule has 1 heterocycles. The van der Waals surface area contributed by atoms with Crippen molar-refractivity contribution < 1.29 is 9.47 Å². The van der Waals surface area contributed by atoms with Crippen molar-refractivity contribution >= 4 is 0 Å². The van der Waals surface area contributed by atoms with Gasteiger partial charge in [-0.3, -0.25) is 4.90 Å². The minimum absolute atomic E-state index is 0.195. The molecule has 0 unspecified atom stereocenters. The second-order valence-electron chi connectivity index (χ2n) is 5.17. The summed E-state index contributed by atoms with van der Waals surface area (Å²) in [4.78, 5) is 2.44. The van der Waals surface area contributed by atoms with E-state index in [1.807, 2.05) is 26.0 Å². The van der Waals surface area contributed by atoms with Crippen LogP contribution in [-0.4, -0.2) is 44.3 Å². The lowest BCUT2D eigenvalue weighted by Crippen LogP contribution is -2.42. The quantitative estimate of drug-likeness (QED) is 0.880. The Hall–Kier alpha value is -1.26. The van der Waals surface area contributed by atoms with E-state index < -0.39 is 0 Å². The molecule has 2 rings (SSSR count). The van der Waals surface area contributed by atoms with Gasteiger partial charge in [-0.1, -0.05) is 0 Å². The maximum absolute atomic E-state index is 5.76. The predicted molar refractivity (Wildman–Crippen MR) is 76.9 cm³/mol. The van der Waals surface area contributed by atoms with Crippen LogP contribution < -0.4 is 14.8 Å². The molecule has 0 radical (unpaired) electrons. The number of nitrogens with zero attached hydrogens (tertiary/aromatic N) is 1. The first-order chi connectivity index (χ1) is 9.19. The van der Waals surface area contributed by atoms with Gasteiger partial charge in [0.05, 0.1) is 13.2 Å². The summed E-state index contributed by atoms with van der Waals surface area (Å²) in [6.07, 6.45) is 0.195. The van der Waals surface area contributed by atoms with Crippen molar-refractivity contribution in [1.82, 2.24) is 10.2 Å². The highest BCUT2D eigenvalue weighted by Crippen LogP contribution is 2.26. The van der Waals surface area contributed by atoms with Crippen molar-refractivity contribution in [3.05, 3.63) is 23.8 Å². The first-order valence-corrected chi connectivity index (χ1v) is 6.95. The van der Waals surface area contributed by atoms with Crippen LogP contribution >= 0.6 is 0 Å². The van der Waals surface area contributed by atoms with E-state index in [4.69, 9.17) is 9.47 Å². The standard InChI is InChI=1S/C15H24N2O2/c1-12(2)19-14-4-5-15(18-3)13(10-14)11-17-8-6-16-7-9-17/h4-5,10,12,16H,6-9,11H2,1-3H3. The van der Waals surface area contributed by atoms with Gasteiger partial charge in [-0.05, 0) is 32.0 Å². The van der Waals surface area contributed by atoms with Crippen LogP contribution in [0, 0.1) is 0 Å². The van der Waals surface area contributed by atoms with Crippen molar-refractivity contribution in [3.8, 4) is 11.5 Å². The molecule has 1 N–H and O–H groups in total. The normalized spacial score (nSPS) is 16.6. The third-order valence-corrected chi connectivity index (χ3v) is 3.23. The largest absolute Gasteiger partial charge is 0.496 e. The van der Waals surface area contributed by atoms with Crippen LogP contribution in [0.4, 0.5) is 0 Å². The average Bonchev–Trinajstić information content (AvgIpc) is 2.39. The number of methoxy groups -OCH3 is 1. The first-order valence-electron chi connectivity index (χ1n) is 6.95. The van der Waals surface area contributed by atoms with Crippen LogP contribution in [0.15, 0.2) is 18.2 Å². The van der Waals surface area contributed by atoms with E-state index in [9.17, 15) is 0 Å². The highest BCUT2D eigenvalue weighted by molar-refractivity contribution is 5.40. The van der Waals surface area contributed by atoms with Crippen molar-refractivity contribution in [2.75, 3.05) is 33.3 Å². The van der Waals surface area contributed by atoms with Gasteiger partial charge in [0.15, 0.2) is 0 Å². The van der Waals surface area contributed by atoms with Crippen LogP contribution in [0.3, 0.4) is 0 Å². The summed E-state index contributed by atoms with van der Waals surface area (Å²) >= 11 is 0. The van der Waals surface area contributed by atoms with Gasteiger partial charge in [-0.25, -0.2) is 0 Å². The maximum atomic E-state index is 5.76. The Kier molecular flexibility index (Phi) is 5.05. The van der Waals surface area contributed by atoms with Gasteiger partial charge in [0.1, 0.15) is 11.5 Å². The molecular formula is C15H24N2O2. The Morgan fingerprint density at radius 1 is 1.26 bits per heavy atom. The lowest BCUT2D eigenvalue weighted by atomic mass is 10.1.